The quantitative estimate of drug-likeness (QED) is 0.821. The van der Waals surface area contributed by atoms with E-state index in [9.17, 15) is 23.2 Å². The van der Waals surface area contributed by atoms with Crippen LogP contribution in [0.5, 0.6) is 0 Å². The first kappa shape index (κ1) is 18.4. The van der Waals surface area contributed by atoms with Crippen molar-refractivity contribution in [2.45, 2.75) is 50.1 Å². The maximum atomic E-state index is 13.6. The summed E-state index contributed by atoms with van der Waals surface area (Å²) in [7, 11) is 0. The number of nitrogens with zero attached hydrogens (tertiary/aromatic N) is 1. The number of carbonyl (C=O) groups is 3. The molecule has 6 nitrogen and oxygen atoms in total. The summed E-state index contributed by atoms with van der Waals surface area (Å²) >= 11 is 0. The number of aryl methyl sites for hydroxylation is 1. The van der Waals surface area contributed by atoms with Gasteiger partial charge < -0.3 is 16.4 Å². The third-order valence-electron chi connectivity index (χ3n) is 5.30. The third-order valence-corrected chi connectivity index (χ3v) is 5.30. The van der Waals surface area contributed by atoms with Crippen molar-refractivity contribution in [3.05, 3.63) is 34.9 Å². The largest absolute Gasteiger partial charge is 0.368 e. The van der Waals surface area contributed by atoms with Gasteiger partial charge in [-0.3, -0.25) is 14.4 Å². The van der Waals surface area contributed by atoms with Gasteiger partial charge in [-0.25, -0.2) is 8.78 Å². The Kier molecular flexibility index (Phi) is 5.04. The van der Waals surface area contributed by atoms with Crippen LogP contribution in [0.2, 0.25) is 0 Å². The summed E-state index contributed by atoms with van der Waals surface area (Å²) in [6.45, 7) is -0.153. The molecule has 26 heavy (non-hydrogen) atoms. The van der Waals surface area contributed by atoms with E-state index in [4.69, 9.17) is 11.5 Å². The van der Waals surface area contributed by atoms with Crippen molar-refractivity contribution < 1.29 is 23.2 Å². The Morgan fingerprint density at radius 1 is 1.19 bits per heavy atom. The van der Waals surface area contributed by atoms with Gasteiger partial charge >= 0.3 is 0 Å². The van der Waals surface area contributed by atoms with Crippen LogP contribution in [0.4, 0.5) is 8.78 Å². The Hall–Kier alpha value is -2.35. The molecule has 2 unspecified atom stereocenters. The summed E-state index contributed by atoms with van der Waals surface area (Å²) in [5.74, 6) is -3.33. The van der Waals surface area contributed by atoms with Gasteiger partial charge in [0.15, 0.2) is 17.4 Å². The number of hydrogen-bond donors (Lipinski definition) is 2. The average Bonchev–Trinajstić information content (AvgIpc) is 2.97. The zero-order chi connectivity index (χ0) is 19.0. The van der Waals surface area contributed by atoms with Gasteiger partial charge in [0.25, 0.3) is 0 Å². The number of benzene rings is 1. The molecule has 4 N–H and O–H groups in total. The van der Waals surface area contributed by atoms with E-state index in [0.29, 0.717) is 24.0 Å². The molecule has 8 heteroatoms. The van der Waals surface area contributed by atoms with Crippen molar-refractivity contribution in [2.75, 3.05) is 6.54 Å². The average molecular weight is 365 g/mol. The van der Waals surface area contributed by atoms with Crippen molar-refractivity contribution >= 4 is 17.6 Å². The Bertz CT molecular complexity index is 768. The highest BCUT2D eigenvalue weighted by Crippen LogP contribution is 2.37. The van der Waals surface area contributed by atoms with Crippen LogP contribution in [0.25, 0.3) is 0 Å². The minimum Gasteiger partial charge on any atom is -0.368 e. The van der Waals surface area contributed by atoms with E-state index in [1.165, 1.54) is 11.0 Å². The van der Waals surface area contributed by atoms with E-state index < -0.39 is 35.5 Å². The molecule has 1 aromatic carbocycles. The lowest BCUT2D eigenvalue weighted by molar-refractivity contribution is -0.145. The summed E-state index contributed by atoms with van der Waals surface area (Å²) in [5, 5.41) is 0. The lowest BCUT2D eigenvalue weighted by atomic mass is 9.90. The van der Waals surface area contributed by atoms with Crippen LogP contribution in [0.1, 0.15) is 42.7 Å². The molecule has 1 aromatic rings. The number of fused-ring (bicyclic) bond motifs is 1. The molecule has 2 amide bonds. The maximum absolute atomic E-state index is 13.6. The van der Waals surface area contributed by atoms with Gasteiger partial charge in [0.2, 0.25) is 11.8 Å². The molecule has 1 fully saturated rings. The van der Waals surface area contributed by atoms with Gasteiger partial charge in [-0.2, -0.15) is 0 Å². The summed E-state index contributed by atoms with van der Waals surface area (Å²) < 4.78 is 26.9. The van der Waals surface area contributed by atoms with Crippen LogP contribution in [-0.4, -0.2) is 41.1 Å². The molecule has 3 rings (SSSR count). The monoisotopic (exact) mass is 365 g/mol. The number of carbonyl (C=O) groups excluding carboxylic acids is 3. The third kappa shape index (κ3) is 3.46. The van der Waals surface area contributed by atoms with Crippen molar-refractivity contribution in [1.82, 2.24) is 4.90 Å². The Morgan fingerprint density at radius 2 is 1.88 bits per heavy atom. The zero-order valence-electron chi connectivity index (χ0n) is 14.2. The molecule has 0 spiro atoms. The molecule has 0 bridgehead atoms. The predicted octanol–water partition coefficient (Wildman–Crippen LogP) is 0.757. The molecule has 1 aliphatic heterocycles. The fourth-order valence-corrected chi connectivity index (χ4v) is 3.93. The maximum Gasteiger partial charge on any atom is 0.240 e. The zero-order valence-corrected chi connectivity index (χ0v) is 14.2. The van der Waals surface area contributed by atoms with Crippen molar-refractivity contribution in [3.63, 3.8) is 0 Å². The normalized spacial score (nSPS) is 23.7. The number of ketones is 1. The van der Waals surface area contributed by atoms with E-state index in [0.717, 1.165) is 6.07 Å². The first-order chi connectivity index (χ1) is 12.3. The van der Waals surface area contributed by atoms with Gasteiger partial charge in [-0.15, -0.1) is 0 Å². The van der Waals surface area contributed by atoms with Gasteiger partial charge in [-0.1, -0.05) is 0 Å². The number of likely N-dealkylation sites (tertiary alicyclic amines) is 1. The molecule has 1 saturated heterocycles. The number of Topliss-reactive ketones (excluding diaryl/α,β-unsaturated/α-hetero) is 1. The molecule has 0 radical (unpaired) electrons. The molecule has 140 valence electrons. The van der Waals surface area contributed by atoms with Crippen LogP contribution >= 0.6 is 0 Å². The Labute approximate surface area is 149 Å². The lowest BCUT2D eigenvalue weighted by Crippen LogP contribution is -2.54. The molecule has 3 atom stereocenters. The van der Waals surface area contributed by atoms with Crippen molar-refractivity contribution in [1.29, 1.82) is 0 Å². The first-order valence-electron chi connectivity index (χ1n) is 8.61. The smallest absolute Gasteiger partial charge is 0.240 e. The molecule has 0 saturated carbocycles. The molecular formula is C18H21F2N3O3. The standard InChI is InChI=1S/C18H21F2N3O3/c19-13-5-9-1-3-11(12(9)6-14(13)20)15(21)7-17(25)23-8-10(24)2-4-16(23)18(22)26/h5-6,11,15-16H,1-4,7-8,21H2,(H2,22,26)/t11?,15?,16-/m0/s1. The predicted molar refractivity (Wildman–Crippen MR) is 88.9 cm³/mol. The molecule has 1 heterocycles. The molecule has 1 aliphatic carbocycles. The highest BCUT2D eigenvalue weighted by atomic mass is 19.2. The fourth-order valence-electron chi connectivity index (χ4n) is 3.93. The Balaban J connectivity index is 1.73. The second kappa shape index (κ2) is 7.11. The first-order valence-corrected chi connectivity index (χ1v) is 8.61. The van der Waals surface area contributed by atoms with Crippen LogP contribution < -0.4 is 11.5 Å². The Morgan fingerprint density at radius 3 is 2.58 bits per heavy atom. The van der Waals surface area contributed by atoms with E-state index in [-0.39, 0.29) is 37.5 Å². The second-order valence-corrected chi connectivity index (χ2v) is 7.00. The van der Waals surface area contributed by atoms with E-state index >= 15 is 0 Å². The van der Waals surface area contributed by atoms with Crippen molar-refractivity contribution in [2.24, 2.45) is 11.5 Å². The summed E-state index contributed by atoms with van der Waals surface area (Å²) in [5.41, 5.74) is 12.8. The molecule has 0 aromatic heterocycles. The lowest BCUT2D eigenvalue weighted by Gasteiger charge is -2.34. The van der Waals surface area contributed by atoms with Gasteiger partial charge in [0.1, 0.15) is 6.04 Å². The SMILES string of the molecule is NC(=O)[C@@H]1CCC(=O)CN1C(=O)CC(N)C1CCc2cc(F)c(F)cc21. The van der Waals surface area contributed by atoms with Crippen LogP contribution in [0, 0.1) is 11.6 Å². The summed E-state index contributed by atoms with van der Waals surface area (Å²) in [6, 6.07) is 0.878. The number of amides is 2. The van der Waals surface area contributed by atoms with Gasteiger partial charge in [0.05, 0.1) is 6.54 Å². The number of primary amides is 1. The summed E-state index contributed by atoms with van der Waals surface area (Å²) in [6.07, 6.45) is 1.48. The van der Waals surface area contributed by atoms with Crippen molar-refractivity contribution in [3.8, 4) is 0 Å². The van der Waals surface area contributed by atoms with Crippen LogP contribution in [0.15, 0.2) is 12.1 Å². The van der Waals surface area contributed by atoms with E-state index in [2.05, 4.69) is 0 Å². The minimum atomic E-state index is -0.940. The fraction of sp³-hybridized carbons (Fsp3) is 0.500. The highest BCUT2D eigenvalue weighted by Gasteiger charge is 2.36. The number of nitrogens with two attached hydrogens (primary N) is 2. The minimum absolute atomic E-state index is 0.0971. The van der Waals surface area contributed by atoms with E-state index in [1.807, 2.05) is 0 Å². The van der Waals surface area contributed by atoms with E-state index in [1.54, 1.807) is 0 Å². The summed E-state index contributed by atoms with van der Waals surface area (Å²) in [4.78, 5) is 37.0. The number of rotatable bonds is 4. The van der Waals surface area contributed by atoms with Gasteiger partial charge in [0, 0.05) is 24.8 Å². The van der Waals surface area contributed by atoms with Crippen LogP contribution in [0.3, 0.4) is 0 Å². The topological polar surface area (TPSA) is 106 Å². The number of halogens is 2. The van der Waals surface area contributed by atoms with Gasteiger partial charge in [-0.05, 0) is 42.5 Å². The highest BCUT2D eigenvalue weighted by molar-refractivity contribution is 5.93. The molecular weight excluding hydrogens is 344 g/mol. The second-order valence-electron chi connectivity index (χ2n) is 7.00. The number of piperidine rings is 1. The number of hydrogen-bond acceptors (Lipinski definition) is 4. The van der Waals surface area contributed by atoms with Crippen LogP contribution in [-0.2, 0) is 20.8 Å². The molecule has 2 aliphatic rings.